The number of hydrogen-bond donors (Lipinski definition) is 4. The van der Waals surface area contributed by atoms with Crippen molar-refractivity contribution in [3.8, 4) is 0 Å². The molecule has 0 bridgehead atoms. The average molecular weight is 747 g/mol. The normalized spacial score (nSPS) is 25.8. The van der Waals surface area contributed by atoms with E-state index in [2.05, 4.69) is 21.3 Å². The maximum absolute atomic E-state index is 14.7. The lowest BCUT2D eigenvalue weighted by molar-refractivity contribution is -0.144. The quantitative estimate of drug-likeness (QED) is 0.175. The van der Waals surface area contributed by atoms with Crippen molar-refractivity contribution in [2.24, 2.45) is 11.3 Å². The average Bonchev–Trinajstić information content (AvgIpc) is 4.03. The molecule has 3 atom stereocenters. The van der Waals surface area contributed by atoms with Crippen LogP contribution in [0.5, 0.6) is 0 Å². The predicted molar refractivity (Wildman–Crippen MR) is 196 cm³/mol. The maximum atomic E-state index is 14.7. The summed E-state index contributed by atoms with van der Waals surface area (Å²) >= 11 is 0. The number of nitrogens with one attached hydrogen (secondary N) is 4. The largest absolute Gasteiger partial charge is 0.347 e. The summed E-state index contributed by atoms with van der Waals surface area (Å²) in [5.41, 5.74) is -1.50. The zero-order valence-electron chi connectivity index (χ0n) is 31.4. The fourth-order valence-electron chi connectivity index (χ4n) is 9.01. The molecule has 0 aromatic carbocycles. The molecular weight excluding hydrogens is 685 g/mol. The summed E-state index contributed by atoms with van der Waals surface area (Å²) in [6.07, 6.45) is 16.7. The van der Waals surface area contributed by atoms with Crippen molar-refractivity contribution < 1.29 is 32.4 Å². The fraction of sp³-hybridized carbons (Fsp3) is 0.868. The number of hydrogen-bond acceptors (Lipinski definition) is 7. The zero-order chi connectivity index (χ0) is 37.1. The van der Waals surface area contributed by atoms with E-state index in [0.29, 0.717) is 44.6 Å². The number of ketones is 1. The molecule has 0 aromatic heterocycles. The SMILES string of the molecule is CN(C1CCC1)S(=O)(=O)CC1(NC(=O)N[C@H](C(=O)N2CCC[C@H]2C(=O)N[C@@H](CCC2CC2)C(=O)C(=O)NC2CC2)C2(C)CCCCC2)CCCCC1. The minimum atomic E-state index is -3.64. The molecule has 6 fully saturated rings. The summed E-state index contributed by atoms with van der Waals surface area (Å²) in [5.74, 6) is -1.75. The van der Waals surface area contributed by atoms with E-state index >= 15 is 0 Å². The van der Waals surface area contributed by atoms with E-state index in [4.69, 9.17) is 0 Å². The zero-order valence-corrected chi connectivity index (χ0v) is 32.2. The lowest BCUT2D eigenvalue weighted by Crippen LogP contribution is -2.64. The number of Topliss-reactive ketones (excluding diaryl/α,β-unsaturated/α-hetero) is 1. The topological polar surface area (TPSA) is 174 Å². The standard InChI is InChI=1S/C38H62N6O7S/c1-37(20-5-3-6-21-37)32(41-36(49)42-38(22-7-4-8-23-38)25-52(50,51)43(2)28-11-9-12-28)35(48)44-24-10-13-30(44)33(46)40-29(19-16-26-14-15-26)31(45)34(47)39-27-17-18-27/h26-30,32H,3-25H2,1-2H3,(H,39,47)(H,40,46)(H2,41,42,49)/t29-,30-,32+/m0/s1. The van der Waals surface area contributed by atoms with E-state index in [1.54, 1.807) is 11.9 Å². The number of rotatable bonds is 16. The van der Waals surface area contributed by atoms with Gasteiger partial charge in [-0.05, 0) is 88.4 Å². The first kappa shape index (κ1) is 39.0. The molecule has 13 nitrogen and oxygen atoms in total. The molecule has 1 heterocycles. The van der Waals surface area contributed by atoms with Gasteiger partial charge in [0.15, 0.2) is 0 Å². The van der Waals surface area contributed by atoms with E-state index < -0.39 is 62.7 Å². The summed E-state index contributed by atoms with van der Waals surface area (Å²) in [6.45, 7) is 2.37. The van der Waals surface area contributed by atoms with Crippen molar-refractivity contribution in [1.29, 1.82) is 0 Å². The van der Waals surface area contributed by atoms with Crippen LogP contribution in [0.4, 0.5) is 4.79 Å². The highest BCUT2D eigenvalue weighted by Gasteiger charge is 2.48. The highest BCUT2D eigenvalue weighted by molar-refractivity contribution is 7.89. The van der Waals surface area contributed by atoms with E-state index in [-0.39, 0.29) is 23.7 Å². The molecule has 5 saturated carbocycles. The van der Waals surface area contributed by atoms with E-state index in [1.807, 2.05) is 6.92 Å². The molecule has 1 saturated heterocycles. The van der Waals surface area contributed by atoms with Crippen molar-refractivity contribution in [3.63, 3.8) is 0 Å². The van der Waals surface area contributed by atoms with Gasteiger partial charge in [0, 0.05) is 25.7 Å². The number of amides is 5. The smallest absolute Gasteiger partial charge is 0.315 e. The summed E-state index contributed by atoms with van der Waals surface area (Å²) in [7, 11) is -2.00. The Morgan fingerprint density at radius 3 is 2.06 bits per heavy atom. The Morgan fingerprint density at radius 2 is 1.46 bits per heavy atom. The highest BCUT2D eigenvalue weighted by atomic mass is 32.2. The second kappa shape index (κ2) is 16.3. The van der Waals surface area contributed by atoms with Crippen LogP contribution in [0.1, 0.15) is 142 Å². The monoisotopic (exact) mass is 746 g/mol. The van der Waals surface area contributed by atoms with Gasteiger partial charge in [0.25, 0.3) is 5.91 Å². The molecule has 292 valence electrons. The molecule has 0 radical (unpaired) electrons. The van der Waals surface area contributed by atoms with Crippen molar-refractivity contribution in [1.82, 2.24) is 30.5 Å². The van der Waals surface area contributed by atoms with Gasteiger partial charge in [-0.15, -0.1) is 0 Å². The van der Waals surface area contributed by atoms with Gasteiger partial charge in [-0.3, -0.25) is 19.2 Å². The van der Waals surface area contributed by atoms with Crippen molar-refractivity contribution in [3.05, 3.63) is 0 Å². The molecule has 1 aliphatic heterocycles. The second-order valence-corrected chi connectivity index (χ2v) is 19.4. The first-order valence-corrected chi connectivity index (χ1v) is 21.9. The summed E-state index contributed by atoms with van der Waals surface area (Å²) < 4.78 is 28.7. The highest BCUT2D eigenvalue weighted by Crippen LogP contribution is 2.41. The van der Waals surface area contributed by atoms with Crippen molar-refractivity contribution in [2.75, 3.05) is 19.3 Å². The van der Waals surface area contributed by atoms with Crippen LogP contribution in [-0.2, 0) is 29.2 Å². The third kappa shape index (κ3) is 9.49. The van der Waals surface area contributed by atoms with Crippen LogP contribution in [0, 0.1) is 11.3 Å². The first-order valence-electron chi connectivity index (χ1n) is 20.3. The molecule has 0 spiro atoms. The minimum Gasteiger partial charge on any atom is -0.347 e. The second-order valence-electron chi connectivity index (χ2n) is 17.3. The van der Waals surface area contributed by atoms with Crippen LogP contribution in [-0.4, -0.2) is 102 Å². The number of sulfonamides is 1. The molecule has 5 aliphatic carbocycles. The van der Waals surface area contributed by atoms with E-state index in [1.165, 1.54) is 4.31 Å². The predicted octanol–water partition coefficient (Wildman–Crippen LogP) is 3.66. The van der Waals surface area contributed by atoms with Gasteiger partial charge >= 0.3 is 6.03 Å². The van der Waals surface area contributed by atoms with Crippen LogP contribution >= 0.6 is 0 Å². The van der Waals surface area contributed by atoms with Gasteiger partial charge in [0.1, 0.15) is 12.1 Å². The third-order valence-corrected chi connectivity index (χ3v) is 15.2. The van der Waals surface area contributed by atoms with Crippen molar-refractivity contribution in [2.45, 2.75) is 178 Å². The molecule has 4 N–H and O–H groups in total. The van der Waals surface area contributed by atoms with Crippen LogP contribution in [0.2, 0.25) is 0 Å². The maximum Gasteiger partial charge on any atom is 0.315 e. The molecule has 0 unspecified atom stereocenters. The molecule has 0 aromatic rings. The van der Waals surface area contributed by atoms with E-state index in [0.717, 1.165) is 103 Å². The summed E-state index contributed by atoms with van der Waals surface area (Å²) in [6, 6.07) is -3.23. The lowest BCUT2D eigenvalue weighted by atomic mass is 9.70. The lowest BCUT2D eigenvalue weighted by Gasteiger charge is -2.44. The van der Waals surface area contributed by atoms with Gasteiger partial charge in [-0.2, -0.15) is 0 Å². The molecule has 14 heteroatoms. The van der Waals surface area contributed by atoms with E-state index in [9.17, 15) is 32.4 Å². The Kier molecular flexibility index (Phi) is 12.2. The number of carbonyl (C=O) groups excluding carboxylic acids is 5. The molecule has 6 rings (SSSR count). The molecule has 5 amide bonds. The Labute approximate surface area is 309 Å². The Bertz CT molecular complexity index is 1450. The van der Waals surface area contributed by atoms with Gasteiger partial charge in [0.05, 0.1) is 17.3 Å². The van der Waals surface area contributed by atoms with Gasteiger partial charge in [-0.1, -0.05) is 64.7 Å². The van der Waals surface area contributed by atoms with Crippen LogP contribution < -0.4 is 21.3 Å². The van der Waals surface area contributed by atoms with Crippen LogP contribution in [0.25, 0.3) is 0 Å². The number of likely N-dealkylation sites (tertiary alicyclic amines) is 1. The van der Waals surface area contributed by atoms with Gasteiger partial charge < -0.3 is 26.2 Å². The van der Waals surface area contributed by atoms with Crippen LogP contribution in [0.15, 0.2) is 0 Å². The van der Waals surface area contributed by atoms with Gasteiger partial charge in [-0.25, -0.2) is 17.5 Å². The Balaban J connectivity index is 1.16. The molecular formula is C38H62N6O7S. The number of urea groups is 1. The van der Waals surface area contributed by atoms with Crippen LogP contribution in [0.3, 0.4) is 0 Å². The molecule has 6 aliphatic rings. The number of nitrogens with zero attached hydrogens (tertiary/aromatic N) is 2. The third-order valence-electron chi connectivity index (χ3n) is 13.1. The van der Waals surface area contributed by atoms with Crippen molar-refractivity contribution >= 4 is 39.6 Å². The fourth-order valence-corrected chi connectivity index (χ4v) is 10.9. The number of carbonyl (C=O) groups is 5. The Morgan fingerprint density at radius 1 is 0.808 bits per heavy atom. The first-order chi connectivity index (χ1) is 24.8. The minimum absolute atomic E-state index is 0.00446. The Hall–Kier alpha value is -2.74. The summed E-state index contributed by atoms with van der Waals surface area (Å²) in [5, 5.41) is 11.8. The summed E-state index contributed by atoms with van der Waals surface area (Å²) in [4.78, 5) is 70.1. The van der Waals surface area contributed by atoms with Gasteiger partial charge in [0.2, 0.25) is 27.6 Å². The molecule has 52 heavy (non-hydrogen) atoms.